The van der Waals surface area contributed by atoms with Gasteiger partial charge in [0.05, 0.1) is 17.9 Å². The van der Waals surface area contributed by atoms with Crippen molar-refractivity contribution in [3.8, 4) is 0 Å². The lowest BCUT2D eigenvalue weighted by Gasteiger charge is -2.18. The normalized spacial score (nSPS) is 12.7. The Bertz CT molecular complexity index is 583. The van der Waals surface area contributed by atoms with E-state index in [0.29, 0.717) is 0 Å². The first-order chi connectivity index (χ1) is 9.49. The maximum atomic E-state index is 13.8. The van der Waals surface area contributed by atoms with Gasteiger partial charge in [-0.1, -0.05) is 6.92 Å². The fourth-order valence-electron chi connectivity index (χ4n) is 1.88. The summed E-state index contributed by atoms with van der Waals surface area (Å²) in [5.41, 5.74) is -0.960. The first-order valence-corrected chi connectivity index (χ1v) is 5.77. The minimum absolute atomic E-state index is 0.0510. The van der Waals surface area contributed by atoms with Gasteiger partial charge >= 0.3 is 0 Å². The maximum Gasteiger partial charge on any atom is 0.200 e. The summed E-state index contributed by atoms with van der Waals surface area (Å²) in [5, 5.41) is 2.63. The highest BCUT2D eigenvalue weighted by Crippen LogP contribution is 2.31. The summed E-state index contributed by atoms with van der Waals surface area (Å²) in [7, 11) is 0. The fraction of sp³-hybridized carbons (Fsp3) is 0.231. The number of benzene rings is 1. The molecule has 0 bridgehead atoms. The summed E-state index contributed by atoms with van der Waals surface area (Å²) in [6.45, 7) is 1.87. The van der Waals surface area contributed by atoms with Crippen LogP contribution in [0.1, 0.15) is 24.3 Å². The summed E-state index contributed by atoms with van der Waals surface area (Å²) in [5.74, 6) is -9.83. The Morgan fingerprint density at radius 1 is 1.00 bits per heavy atom. The summed E-state index contributed by atoms with van der Waals surface area (Å²) in [4.78, 5) is 0. The van der Waals surface area contributed by atoms with Crippen LogP contribution in [0, 0.1) is 29.1 Å². The molecule has 0 aliphatic rings. The molecular formula is C13H10F5NO. The van der Waals surface area contributed by atoms with Crippen LogP contribution in [0.4, 0.5) is 22.0 Å². The molecule has 0 amide bonds. The Hall–Kier alpha value is -1.89. The van der Waals surface area contributed by atoms with Crippen molar-refractivity contribution in [2.24, 2.45) is 0 Å². The number of rotatable bonds is 4. The predicted molar refractivity (Wildman–Crippen MR) is 60.5 cm³/mol. The molecule has 1 aromatic heterocycles. The van der Waals surface area contributed by atoms with Crippen LogP contribution in [0.3, 0.4) is 0 Å². The zero-order valence-corrected chi connectivity index (χ0v) is 10.3. The second-order valence-corrected chi connectivity index (χ2v) is 3.99. The smallest absolute Gasteiger partial charge is 0.200 e. The average Bonchev–Trinajstić information content (AvgIpc) is 2.96. The molecule has 1 unspecified atom stereocenters. The largest absolute Gasteiger partial charge is 0.467 e. The van der Waals surface area contributed by atoms with E-state index in [2.05, 4.69) is 5.32 Å². The van der Waals surface area contributed by atoms with E-state index in [9.17, 15) is 22.0 Å². The van der Waals surface area contributed by atoms with Gasteiger partial charge in [0.25, 0.3) is 0 Å². The lowest BCUT2D eigenvalue weighted by Crippen LogP contribution is -2.25. The number of furan rings is 1. The first-order valence-electron chi connectivity index (χ1n) is 5.77. The van der Waals surface area contributed by atoms with Crippen molar-refractivity contribution in [2.45, 2.75) is 13.0 Å². The van der Waals surface area contributed by atoms with Gasteiger partial charge in [0, 0.05) is 0 Å². The lowest BCUT2D eigenvalue weighted by molar-refractivity contribution is 0.353. The van der Waals surface area contributed by atoms with Crippen LogP contribution in [0.25, 0.3) is 0 Å². The molecule has 0 saturated heterocycles. The van der Waals surface area contributed by atoms with Gasteiger partial charge in [0.2, 0.25) is 5.82 Å². The second-order valence-electron chi connectivity index (χ2n) is 3.99. The lowest BCUT2D eigenvalue weighted by atomic mass is 10.0. The third-order valence-electron chi connectivity index (χ3n) is 2.77. The van der Waals surface area contributed by atoms with Crippen LogP contribution >= 0.6 is 0 Å². The third kappa shape index (κ3) is 2.29. The molecule has 7 heteroatoms. The van der Waals surface area contributed by atoms with Gasteiger partial charge in [-0.05, 0) is 18.7 Å². The van der Waals surface area contributed by atoms with Crippen molar-refractivity contribution < 1.29 is 26.4 Å². The van der Waals surface area contributed by atoms with Gasteiger partial charge < -0.3 is 9.73 Å². The summed E-state index contributed by atoms with van der Waals surface area (Å²) in [6.07, 6.45) is 1.24. The van der Waals surface area contributed by atoms with Crippen molar-refractivity contribution in [3.05, 3.63) is 58.8 Å². The molecule has 1 aromatic carbocycles. The van der Waals surface area contributed by atoms with Crippen LogP contribution in [0.5, 0.6) is 0 Å². The molecule has 1 heterocycles. The van der Waals surface area contributed by atoms with Crippen molar-refractivity contribution in [1.82, 2.24) is 5.32 Å². The van der Waals surface area contributed by atoms with Gasteiger partial charge in [-0.2, -0.15) is 0 Å². The van der Waals surface area contributed by atoms with E-state index in [1.807, 2.05) is 0 Å². The van der Waals surface area contributed by atoms with Gasteiger partial charge in [-0.3, -0.25) is 0 Å². The van der Waals surface area contributed by atoms with Gasteiger partial charge in [-0.25, -0.2) is 22.0 Å². The molecule has 0 fully saturated rings. The maximum absolute atomic E-state index is 13.8. The molecule has 2 nitrogen and oxygen atoms in total. The Labute approximate surface area is 111 Å². The number of nitrogens with one attached hydrogen (secondary N) is 1. The summed E-state index contributed by atoms with van der Waals surface area (Å²) >= 11 is 0. The summed E-state index contributed by atoms with van der Waals surface area (Å²) < 4.78 is 72.0. The number of hydrogen-bond donors (Lipinski definition) is 1. The molecule has 0 radical (unpaired) electrons. The van der Waals surface area contributed by atoms with E-state index in [-0.39, 0.29) is 12.3 Å². The van der Waals surface area contributed by atoms with E-state index in [1.165, 1.54) is 18.4 Å². The van der Waals surface area contributed by atoms with Gasteiger partial charge in [0.1, 0.15) is 5.76 Å². The van der Waals surface area contributed by atoms with Crippen molar-refractivity contribution >= 4 is 0 Å². The zero-order valence-electron chi connectivity index (χ0n) is 10.3. The zero-order chi connectivity index (χ0) is 14.9. The molecule has 2 rings (SSSR count). The van der Waals surface area contributed by atoms with E-state index < -0.39 is 40.7 Å². The molecule has 2 aromatic rings. The Morgan fingerprint density at radius 2 is 1.55 bits per heavy atom. The molecule has 0 spiro atoms. The summed E-state index contributed by atoms with van der Waals surface area (Å²) in [6, 6.07) is 1.57. The average molecular weight is 291 g/mol. The SMILES string of the molecule is CCNC(c1ccco1)c1c(F)c(F)c(F)c(F)c1F. The van der Waals surface area contributed by atoms with E-state index in [4.69, 9.17) is 4.42 Å². The van der Waals surface area contributed by atoms with E-state index >= 15 is 0 Å². The van der Waals surface area contributed by atoms with Gasteiger partial charge in [0.15, 0.2) is 23.3 Å². The topological polar surface area (TPSA) is 25.2 Å². The number of hydrogen-bond acceptors (Lipinski definition) is 2. The Morgan fingerprint density at radius 3 is 2.00 bits per heavy atom. The first kappa shape index (κ1) is 14.5. The molecule has 1 atom stereocenters. The van der Waals surface area contributed by atoms with Crippen molar-refractivity contribution in [1.29, 1.82) is 0 Å². The van der Waals surface area contributed by atoms with Crippen LogP contribution in [-0.4, -0.2) is 6.54 Å². The quantitative estimate of drug-likeness (QED) is 0.528. The highest BCUT2D eigenvalue weighted by atomic mass is 19.2. The fourth-order valence-corrected chi connectivity index (χ4v) is 1.88. The van der Waals surface area contributed by atoms with Crippen LogP contribution in [-0.2, 0) is 0 Å². The van der Waals surface area contributed by atoms with Crippen LogP contribution < -0.4 is 5.32 Å². The standard InChI is InChI=1S/C13H10F5NO/c1-2-19-13(6-4-3-5-20-6)7-8(14)10(16)12(18)11(17)9(7)15/h3-5,13,19H,2H2,1H3. The molecule has 0 aliphatic carbocycles. The van der Waals surface area contributed by atoms with E-state index in [1.54, 1.807) is 6.92 Å². The highest BCUT2D eigenvalue weighted by molar-refractivity contribution is 5.32. The molecule has 20 heavy (non-hydrogen) atoms. The third-order valence-corrected chi connectivity index (χ3v) is 2.77. The highest BCUT2D eigenvalue weighted by Gasteiger charge is 2.31. The monoisotopic (exact) mass is 291 g/mol. The number of halogens is 5. The molecule has 0 aliphatic heterocycles. The second kappa shape index (κ2) is 5.62. The minimum atomic E-state index is -2.18. The van der Waals surface area contributed by atoms with Crippen molar-refractivity contribution in [2.75, 3.05) is 6.54 Å². The van der Waals surface area contributed by atoms with Crippen LogP contribution in [0.2, 0.25) is 0 Å². The Balaban J connectivity index is 2.66. The van der Waals surface area contributed by atoms with Crippen LogP contribution in [0.15, 0.2) is 22.8 Å². The van der Waals surface area contributed by atoms with Crippen molar-refractivity contribution in [3.63, 3.8) is 0 Å². The minimum Gasteiger partial charge on any atom is -0.467 e. The predicted octanol–water partition coefficient (Wildman–Crippen LogP) is 3.67. The molecular weight excluding hydrogens is 281 g/mol. The van der Waals surface area contributed by atoms with Gasteiger partial charge in [-0.15, -0.1) is 0 Å². The molecule has 1 N–H and O–H groups in total. The molecule has 0 saturated carbocycles. The molecule has 108 valence electrons. The Kier molecular flexibility index (Phi) is 4.08. The van der Waals surface area contributed by atoms with E-state index in [0.717, 1.165) is 0 Å².